The molecule has 2 aliphatic heterocycles. The van der Waals surface area contributed by atoms with E-state index in [1.54, 1.807) is 0 Å². The highest BCUT2D eigenvalue weighted by atomic mass is 15.2. The summed E-state index contributed by atoms with van der Waals surface area (Å²) in [6, 6.07) is 0.680. The lowest BCUT2D eigenvalue weighted by Gasteiger charge is -2.37. The fourth-order valence-corrected chi connectivity index (χ4v) is 3.96. The number of likely N-dealkylation sites (tertiary alicyclic amines) is 1. The first-order valence-electron chi connectivity index (χ1n) is 9.58. The zero-order valence-electron chi connectivity index (χ0n) is 15.6. The van der Waals surface area contributed by atoms with Crippen LogP contribution in [0.3, 0.4) is 0 Å². The molecule has 2 aliphatic rings. The van der Waals surface area contributed by atoms with Crippen molar-refractivity contribution in [3.8, 4) is 0 Å². The third kappa shape index (κ3) is 4.45. The van der Waals surface area contributed by atoms with E-state index < -0.39 is 0 Å². The van der Waals surface area contributed by atoms with Gasteiger partial charge in [0.25, 0.3) is 0 Å². The lowest BCUT2D eigenvalue weighted by molar-refractivity contribution is 0.121. The molecule has 1 aromatic rings. The zero-order chi connectivity index (χ0) is 16.9. The Hall–Kier alpha value is -1.20. The quantitative estimate of drug-likeness (QED) is 0.829. The SMILES string of the molecule is C[C@@H](C1CCN(Cc2cnc(N3CCCCC3)nc2)CC1)N(C)C. The highest BCUT2D eigenvalue weighted by molar-refractivity contribution is 5.30. The van der Waals surface area contributed by atoms with E-state index in [1.165, 1.54) is 50.8 Å². The van der Waals surface area contributed by atoms with Crippen LogP contribution in [-0.4, -0.2) is 66.1 Å². The predicted molar refractivity (Wildman–Crippen MR) is 99.2 cm³/mol. The smallest absolute Gasteiger partial charge is 0.225 e. The topological polar surface area (TPSA) is 35.5 Å². The number of hydrogen-bond acceptors (Lipinski definition) is 5. The summed E-state index contributed by atoms with van der Waals surface area (Å²) in [7, 11) is 4.39. The molecule has 0 unspecified atom stereocenters. The molecule has 0 amide bonds. The third-order valence-corrected chi connectivity index (χ3v) is 5.87. The Bertz CT molecular complexity index is 487. The summed E-state index contributed by atoms with van der Waals surface area (Å²) in [5.41, 5.74) is 1.25. The molecule has 2 fully saturated rings. The van der Waals surface area contributed by atoms with Crippen molar-refractivity contribution < 1.29 is 0 Å². The molecule has 0 N–H and O–H groups in total. The van der Waals surface area contributed by atoms with Crippen molar-refractivity contribution >= 4 is 5.95 Å². The summed E-state index contributed by atoms with van der Waals surface area (Å²) in [4.78, 5) is 16.5. The molecule has 0 bridgehead atoms. The number of piperidine rings is 2. The van der Waals surface area contributed by atoms with Crippen molar-refractivity contribution in [1.82, 2.24) is 19.8 Å². The van der Waals surface area contributed by atoms with Gasteiger partial charge < -0.3 is 9.80 Å². The van der Waals surface area contributed by atoms with Crippen LogP contribution in [0.2, 0.25) is 0 Å². The second kappa shape index (κ2) is 8.26. The Labute approximate surface area is 147 Å². The van der Waals surface area contributed by atoms with Crippen LogP contribution in [0.15, 0.2) is 12.4 Å². The van der Waals surface area contributed by atoms with Gasteiger partial charge in [-0.2, -0.15) is 0 Å². The van der Waals surface area contributed by atoms with Gasteiger partial charge in [0, 0.05) is 43.6 Å². The lowest BCUT2D eigenvalue weighted by atomic mass is 9.89. The van der Waals surface area contributed by atoms with Crippen LogP contribution in [0.4, 0.5) is 5.95 Å². The number of nitrogens with zero attached hydrogens (tertiary/aromatic N) is 5. The van der Waals surface area contributed by atoms with Crippen LogP contribution in [0.25, 0.3) is 0 Å². The molecule has 3 rings (SSSR count). The van der Waals surface area contributed by atoms with E-state index in [2.05, 4.69) is 45.7 Å². The normalized spacial score (nSPS) is 22.1. The summed E-state index contributed by atoms with van der Waals surface area (Å²) in [6.45, 7) is 7.94. The lowest BCUT2D eigenvalue weighted by Crippen LogP contribution is -2.41. The number of hydrogen-bond donors (Lipinski definition) is 0. The Morgan fingerprint density at radius 3 is 2.25 bits per heavy atom. The number of rotatable bonds is 5. The minimum Gasteiger partial charge on any atom is -0.341 e. The van der Waals surface area contributed by atoms with Crippen molar-refractivity contribution in [2.24, 2.45) is 5.92 Å². The molecular weight excluding hydrogens is 298 g/mol. The molecule has 0 radical (unpaired) electrons. The van der Waals surface area contributed by atoms with Gasteiger partial charge in [0.15, 0.2) is 0 Å². The average molecular weight is 332 g/mol. The number of anilines is 1. The molecule has 24 heavy (non-hydrogen) atoms. The maximum absolute atomic E-state index is 4.62. The van der Waals surface area contributed by atoms with Gasteiger partial charge in [-0.05, 0) is 72.1 Å². The highest BCUT2D eigenvalue weighted by Gasteiger charge is 2.25. The molecule has 3 heterocycles. The first kappa shape index (κ1) is 17.6. The first-order valence-corrected chi connectivity index (χ1v) is 9.58. The van der Waals surface area contributed by atoms with Gasteiger partial charge in [-0.15, -0.1) is 0 Å². The molecule has 1 aromatic heterocycles. The largest absolute Gasteiger partial charge is 0.341 e. The Kier molecular flexibility index (Phi) is 6.06. The fraction of sp³-hybridized carbons (Fsp3) is 0.789. The predicted octanol–water partition coefficient (Wildman–Crippen LogP) is 2.63. The van der Waals surface area contributed by atoms with Gasteiger partial charge in [-0.25, -0.2) is 9.97 Å². The van der Waals surface area contributed by atoms with E-state index >= 15 is 0 Å². The molecule has 0 aliphatic carbocycles. The summed E-state index contributed by atoms with van der Waals surface area (Å²) in [6.07, 6.45) is 10.5. The molecule has 5 heteroatoms. The van der Waals surface area contributed by atoms with E-state index in [9.17, 15) is 0 Å². The first-order chi connectivity index (χ1) is 11.6. The summed E-state index contributed by atoms with van der Waals surface area (Å²) in [5.74, 6) is 1.74. The van der Waals surface area contributed by atoms with Crippen LogP contribution in [0.1, 0.15) is 44.6 Å². The molecule has 5 nitrogen and oxygen atoms in total. The van der Waals surface area contributed by atoms with Crippen LogP contribution in [0.5, 0.6) is 0 Å². The second-order valence-corrected chi connectivity index (χ2v) is 7.76. The van der Waals surface area contributed by atoms with Gasteiger partial charge >= 0.3 is 0 Å². The minimum absolute atomic E-state index is 0.680. The standard InChI is InChI=1S/C19H33N5/c1-16(22(2)3)18-7-11-23(12-8-18)15-17-13-20-19(21-14-17)24-9-5-4-6-10-24/h13-14,16,18H,4-12,15H2,1-3H3/t16-/m0/s1. The van der Waals surface area contributed by atoms with Gasteiger partial charge in [-0.1, -0.05) is 0 Å². The van der Waals surface area contributed by atoms with Gasteiger partial charge in [0.2, 0.25) is 5.95 Å². The van der Waals surface area contributed by atoms with Crippen molar-refractivity contribution in [1.29, 1.82) is 0 Å². The Balaban J connectivity index is 1.48. The van der Waals surface area contributed by atoms with Gasteiger partial charge in [-0.3, -0.25) is 4.90 Å². The van der Waals surface area contributed by atoms with E-state index in [0.29, 0.717) is 6.04 Å². The summed E-state index contributed by atoms with van der Waals surface area (Å²) in [5, 5.41) is 0. The van der Waals surface area contributed by atoms with Gasteiger partial charge in [0.1, 0.15) is 0 Å². The molecule has 134 valence electrons. The maximum Gasteiger partial charge on any atom is 0.225 e. The second-order valence-electron chi connectivity index (χ2n) is 7.76. The summed E-state index contributed by atoms with van der Waals surface area (Å²) < 4.78 is 0. The fourth-order valence-electron chi connectivity index (χ4n) is 3.96. The van der Waals surface area contributed by atoms with Crippen LogP contribution in [0, 0.1) is 5.92 Å². The van der Waals surface area contributed by atoms with E-state index in [1.807, 2.05) is 12.4 Å². The Morgan fingerprint density at radius 2 is 1.67 bits per heavy atom. The highest BCUT2D eigenvalue weighted by Crippen LogP contribution is 2.24. The molecule has 1 atom stereocenters. The van der Waals surface area contributed by atoms with Crippen LogP contribution in [-0.2, 0) is 6.54 Å². The van der Waals surface area contributed by atoms with E-state index in [4.69, 9.17) is 0 Å². The molecular formula is C19H33N5. The summed E-state index contributed by atoms with van der Waals surface area (Å²) >= 11 is 0. The van der Waals surface area contributed by atoms with E-state index in [0.717, 1.165) is 31.5 Å². The monoisotopic (exact) mass is 331 g/mol. The third-order valence-electron chi connectivity index (χ3n) is 5.87. The molecule has 0 spiro atoms. The molecule has 2 saturated heterocycles. The number of aromatic nitrogens is 2. The Morgan fingerprint density at radius 1 is 1.04 bits per heavy atom. The average Bonchev–Trinajstić information content (AvgIpc) is 2.63. The van der Waals surface area contributed by atoms with Crippen molar-refractivity contribution in [2.45, 2.75) is 51.6 Å². The van der Waals surface area contributed by atoms with Crippen LogP contribution >= 0.6 is 0 Å². The van der Waals surface area contributed by atoms with Gasteiger partial charge in [0.05, 0.1) is 0 Å². The van der Waals surface area contributed by atoms with E-state index in [-0.39, 0.29) is 0 Å². The van der Waals surface area contributed by atoms with Crippen molar-refractivity contribution in [2.75, 3.05) is 45.2 Å². The molecule has 0 aromatic carbocycles. The van der Waals surface area contributed by atoms with Crippen LogP contribution < -0.4 is 4.90 Å². The minimum atomic E-state index is 0.680. The van der Waals surface area contributed by atoms with Crippen molar-refractivity contribution in [3.05, 3.63) is 18.0 Å². The van der Waals surface area contributed by atoms with Crippen molar-refractivity contribution in [3.63, 3.8) is 0 Å². The zero-order valence-corrected chi connectivity index (χ0v) is 15.6. The molecule has 0 saturated carbocycles. The maximum atomic E-state index is 4.62.